The maximum atomic E-state index is 14.0. The smallest absolute Gasteiger partial charge is 0.260 e. The molecule has 178 valence electrons. The zero-order valence-corrected chi connectivity index (χ0v) is 19.8. The molecule has 0 bridgehead atoms. The molecule has 0 aliphatic carbocycles. The number of anilines is 2. The maximum Gasteiger partial charge on any atom is 0.260 e. The Balaban J connectivity index is 0.000000713. The Kier molecular flexibility index (Phi) is 9.09. The molecule has 32 heavy (non-hydrogen) atoms. The number of nitrogens with one attached hydrogen (secondary N) is 1. The molecule has 0 radical (unpaired) electrons. The van der Waals surface area contributed by atoms with Crippen LogP contribution in [0.3, 0.4) is 0 Å². The average Bonchev–Trinajstić information content (AvgIpc) is 3.32. The number of nitrogens with zero attached hydrogens (tertiary/aromatic N) is 1. The van der Waals surface area contributed by atoms with Crippen molar-refractivity contribution in [2.45, 2.75) is 46.5 Å². The molecule has 1 atom stereocenters. The van der Waals surface area contributed by atoms with Gasteiger partial charge < -0.3 is 25.6 Å². The first-order chi connectivity index (χ1) is 15.2. The Morgan fingerprint density at radius 3 is 2.66 bits per heavy atom. The summed E-state index contributed by atoms with van der Waals surface area (Å²) in [7, 11) is 0. The van der Waals surface area contributed by atoms with E-state index in [4.69, 9.17) is 20.3 Å². The number of fused-ring (bicyclic) bond motifs is 1. The van der Waals surface area contributed by atoms with E-state index >= 15 is 0 Å². The summed E-state index contributed by atoms with van der Waals surface area (Å²) >= 11 is 1.24. The lowest BCUT2D eigenvalue weighted by molar-refractivity contribution is -0.142. The van der Waals surface area contributed by atoms with Crippen molar-refractivity contribution in [2.24, 2.45) is 5.73 Å². The van der Waals surface area contributed by atoms with Crippen LogP contribution in [0.5, 0.6) is 0 Å². The fourth-order valence-electron chi connectivity index (χ4n) is 2.96. The van der Waals surface area contributed by atoms with Crippen LogP contribution >= 0.6 is 11.3 Å². The van der Waals surface area contributed by atoms with Gasteiger partial charge in [0.2, 0.25) is 0 Å². The molecule has 0 saturated carbocycles. The number of hydrogen-bond acceptors (Lipinski definition) is 7. The van der Waals surface area contributed by atoms with Crippen molar-refractivity contribution in [2.75, 3.05) is 18.5 Å². The minimum atomic E-state index is -0.550. The van der Waals surface area contributed by atoms with Crippen molar-refractivity contribution < 1.29 is 26.6 Å². The number of aromatic nitrogens is 1. The van der Waals surface area contributed by atoms with Crippen LogP contribution in [0, 0.1) is 12.7 Å². The summed E-state index contributed by atoms with van der Waals surface area (Å²) in [5.41, 5.74) is 7.06. The lowest BCUT2D eigenvalue weighted by atomic mass is 10.2. The van der Waals surface area contributed by atoms with E-state index in [0.717, 1.165) is 15.6 Å². The number of thiophene rings is 1. The molecular formula is C23H34FN3O4S. The van der Waals surface area contributed by atoms with Crippen molar-refractivity contribution in [1.29, 1.82) is 0 Å². The summed E-state index contributed by atoms with van der Waals surface area (Å²) < 4.78 is 25.2. The van der Waals surface area contributed by atoms with E-state index in [-0.39, 0.29) is 21.4 Å². The number of aliphatic hydroxyl groups is 1. The summed E-state index contributed by atoms with van der Waals surface area (Å²) in [5.74, 6) is -1.42. The van der Waals surface area contributed by atoms with Crippen LogP contribution in [-0.2, 0) is 9.47 Å². The third kappa shape index (κ3) is 6.46. The van der Waals surface area contributed by atoms with Gasteiger partial charge in [-0.3, -0.25) is 9.78 Å². The maximum absolute atomic E-state index is 14.0. The Bertz CT molecular complexity index is 1070. The second-order valence-corrected chi connectivity index (χ2v) is 8.34. The van der Waals surface area contributed by atoms with Crippen molar-refractivity contribution >= 4 is 38.7 Å². The monoisotopic (exact) mass is 467 g/mol. The molecule has 0 unspecified atom stereocenters. The quantitative estimate of drug-likeness (QED) is 0.485. The Morgan fingerprint density at radius 1 is 1.41 bits per heavy atom. The number of rotatable bonds is 4. The zero-order valence-electron chi connectivity index (χ0n) is 18.9. The number of carbonyl (C=O) groups is 1. The highest BCUT2D eigenvalue weighted by molar-refractivity contribution is 7.21. The number of nitrogens with two attached hydrogens (primary N) is 1. The highest BCUT2D eigenvalue weighted by atomic mass is 32.1. The first-order valence-electron chi connectivity index (χ1n) is 10.3. The van der Waals surface area contributed by atoms with Gasteiger partial charge in [0.05, 0.1) is 29.3 Å². The van der Waals surface area contributed by atoms with Gasteiger partial charge in [-0.25, -0.2) is 4.39 Å². The third-order valence-electron chi connectivity index (χ3n) is 4.37. The molecule has 1 amide bonds. The van der Waals surface area contributed by atoms with Gasteiger partial charge in [0, 0.05) is 20.6 Å². The van der Waals surface area contributed by atoms with E-state index < -0.39 is 11.7 Å². The number of carbonyl (C=O) groups excluding carboxylic acids is 1. The Hall–Kier alpha value is -2.59. The summed E-state index contributed by atoms with van der Waals surface area (Å²) in [6, 6.07) is 6.64. The van der Waals surface area contributed by atoms with Gasteiger partial charge in [-0.1, -0.05) is 19.9 Å². The van der Waals surface area contributed by atoms with Gasteiger partial charge in [0.25, 0.3) is 5.91 Å². The number of pyridine rings is 1. The predicted molar refractivity (Wildman–Crippen MR) is 130 cm³/mol. The average molecular weight is 468 g/mol. The largest absolute Gasteiger partial charge is 0.394 e. The van der Waals surface area contributed by atoms with Gasteiger partial charge in [-0.05, 0) is 44.5 Å². The Labute approximate surface area is 194 Å². The molecule has 1 aromatic carbocycles. The van der Waals surface area contributed by atoms with Crippen molar-refractivity contribution in [1.82, 2.24) is 4.98 Å². The van der Waals surface area contributed by atoms with Gasteiger partial charge in [0.1, 0.15) is 16.8 Å². The lowest BCUT2D eigenvalue weighted by Gasteiger charge is -2.15. The zero-order chi connectivity index (χ0) is 23.9. The SMILES string of the molecule is CC.CC1(C)OC[C@H](CO)O1.Cc1ccc(Nc2c(C(N)=O)sc3cnccc23)c(F)c1.[HH].[HH]. The number of primary amides is 1. The van der Waals surface area contributed by atoms with Gasteiger partial charge in [-0.2, -0.15) is 0 Å². The Morgan fingerprint density at radius 2 is 2.12 bits per heavy atom. The normalized spacial score (nSPS) is 16.5. The second-order valence-electron chi connectivity index (χ2n) is 7.28. The van der Waals surface area contributed by atoms with Gasteiger partial charge in [0.15, 0.2) is 5.79 Å². The summed E-state index contributed by atoms with van der Waals surface area (Å²) in [6.07, 6.45) is 3.15. The van der Waals surface area contributed by atoms with Crippen molar-refractivity contribution in [3.05, 3.63) is 52.9 Å². The van der Waals surface area contributed by atoms with Crippen LogP contribution in [-0.4, -0.2) is 41.1 Å². The van der Waals surface area contributed by atoms with E-state index in [0.29, 0.717) is 22.9 Å². The molecule has 4 N–H and O–H groups in total. The van der Waals surface area contributed by atoms with E-state index in [1.165, 1.54) is 17.4 Å². The van der Waals surface area contributed by atoms with Crippen LogP contribution in [0.25, 0.3) is 10.1 Å². The number of benzene rings is 1. The summed E-state index contributed by atoms with van der Waals surface area (Å²) in [5, 5.41) is 12.4. The summed E-state index contributed by atoms with van der Waals surface area (Å²) in [6.45, 7) is 10.0. The lowest BCUT2D eigenvalue weighted by Crippen LogP contribution is -2.22. The molecule has 1 aliphatic rings. The fourth-order valence-corrected chi connectivity index (χ4v) is 3.94. The van der Waals surface area contributed by atoms with Crippen molar-refractivity contribution in [3.8, 4) is 0 Å². The highest BCUT2D eigenvalue weighted by Crippen LogP contribution is 2.37. The third-order valence-corrected chi connectivity index (χ3v) is 5.53. The molecular weight excluding hydrogens is 433 g/mol. The van der Waals surface area contributed by atoms with Crippen LogP contribution in [0.1, 0.15) is 45.8 Å². The molecule has 1 fully saturated rings. The molecule has 0 spiro atoms. The molecule has 3 aromatic rings. The fraction of sp³-hybridized carbons (Fsp3) is 0.391. The van der Waals surface area contributed by atoms with Gasteiger partial charge >= 0.3 is 0 Å². The highest BCUT2D eigenvalue weighted by Gasteiger charge is 2.31. The van der Waals surface area contributed by atoms with Crippen LogP contribution in [0.15, 0.2) is 36.7 Å². The van der Waals surface area contributed by atoms with E-state index in [1.807, 2.05) is 34.6 Å². The number of aryl methyl sites for hydroxylation is 1. The number of amides is 1. The number of hydrogen-bond donors (Lipinski definition) is 3. The predicted octanol–water partition coefficient (Wildman–Crippen LogP) is 5.23. The van der Waals surface area contributed by atoms with Crippen molar-refractivity contribution in [3.63, 3.8) is 0 Å². The first-order valence-corrected chi connectivity index (χ1v) is 11.1. The molecule has 7 nitrogen and oxygen atoms in total. The van der Waals surface area contributed by atoms with Crippen LogP contribution in [0.4, 0.5) is 15.8 Å². The molecule has 3 heterocycles. The summed E-state index contributed by atoms with van der Waals surface area (Å²) in [4.78, 5) is 16.0. The molecule has 9 heteroatoms. The van der Waals surface area contributed by atoms with E-state index in [1.54, 1.807) is 30.6 Å². The standard InChI is InChI=1S/C15H12FN3OS.C6H12O3.C2H6.2H2/c1-8-2-3-11(10(16)6-8)19-13-9-4-5-18-7-12(9)21-14(13)15(17)20;1-6(2)8-4-5(3-7)9-6;1-2;;/h2-7,19H,1H3,(H2,17,20);5,7H,3-4H2,1-2H3;1-2H3;2*1H/t;5-;;;/m.0.../s1. The molecule has 4 rings (SSSR count). The van der Waals surface area contributed by atoms with Crippen LogP contribution < -0.4 is 11.1 Å². The minimum absolute atomic E-state index is 0. The van der Waals surface area contributed by atoms with E-state index in [2.05, 4.69) is 10.3 Å². The van der Waals surface area contributed by atoms with Crippen LogP contribution in [0.2, 0.25) is 0 Å². The van der Waals surface area contributed by atoms with E-state index in [9.17, 15) is 9.18 Å². The molecule has 2 aromatic heterocycles. The number of aliphatic hydroxyl groups excluding tert-OH is 1. The van der Waals surface area contributed by atoms with Gasteiger partial charge in [-0.15, -0.1) is 11.3 Å². The first kappa shape index (κ1) is 25.7. The topological polar surface area (TPSA) is 107 Å². The number of halogens is 1. The second kappa shape index (κ2) is 11.3. The molecule has 1 aliphatic heterocycles. The molecule has 1 saturated heterocycles. The minimum Gasteiger partial charge on any atom is -0.394 e. The number of ether oxygens (including phenoxy) is 2.